The molecule has 0 bridgehead atoms. The van der Waals surface area contributed by atoms with E-state index in [9.17, 15) is 9.59 Å². The van der Waals surface area contributed by atoms with Crippen molar-refractivity contribution in [3.8, 4) is 0 Å². The summed E-state index contributed by atoms with van der Waals surface area (Å²) < 4.78 is 10.1. The number of esters is 1. The normalized spacial score (nSPS) is 10.0. The molecule has 3 N–H and O–H groups in total. The topological polar surface area (TPSA) is 90.6 Å². The molecule has 7 heteroatoms. The molecule has 104 valence electrons. The Morgan fingerprint density at radius 2 is 2.16 bits per heavy atom. The first-order chi connectivity index (χ1) is 9.06. The molecule has 0 aliphatic heterocycles. The number of nitrogens with one attached hydrogen (secondary N) is 1. The van der Waals surface area contributed by atoms with Crippen molar-refractivity contribution < 1.29 is 19.1 Å². The first-order valence-corrected chi connectivity index (χ1v) is 6.32. The number of carbonyl (C=O) groups excluding carboxylic acids is 2. The molecule has 0 saturated carbocycles. The van der Waals surface area contributed by atoms with Gasteiger partial charge in [0.05, 0.1) is 16.6 Å². The van der Waals surface area contributed by atoms with E-state index in [1.807, 2.05) is 0 Å². The van der Waals surface area contributed by atoms with Gasteiger partial charge in [0.1, 0.15) is 0 Å². The Morgan fingerprint density at radius 1 is 1.42 bits per heavy atom. The maximum Gasteiger partial charge on any atom is 0.339 e. The van der Waals surface area contributed by atoms with Crippen molar-refractivity contribution >= 4 is 33.5 Å². The van der Waals surface area contributed by atoms with Crippen LogP contribution < -0.4 is 11.1 Å². The molecular formula is C12H15BrN2O4. The van der Waals surface area contributed by atoms with E-state index < -0.39 is 5.97 Å². The molecule has 0 spiro atoms. The van der Waals surface area contributed by atoms with Crippen LogP contribution in [-0.4, -0.2) is 38.7 Å². The molecule has 0 aliphatic rings. The number of nitrogens with two attached hydrogens (primary N) is 1. The largest absolute Gasteiger partial charge is 0.452 e. The van der Waals surface area contributed by atoms with Crippen LogP contribution in [0.4, 0.5) is 5.69 Å². The van der Waals surface area contributed by atoms with Crippen LogP contribution in [0.25, 0.3) is 0 Å². The number of hydrogen-bond acceptors (Lipinski definition) is 5. The van der Waals surface area contributed by atoms with Crippen LogP contribution in [0.1, 0.15) is 10.4 Å². The first kappa shape index (κ1) is 15.5. The summed E-state index contributed by atoms with van der Waals surface area (Å²) in [5, 5.41) is 2.54. The monoisotopic (exact) mass is 330 g/mol. The minimum atomic E-state index is -0.610. The van der Waals surface area contributed by atoms with Gasteiger partial charge in [0, 0.05) is 19.3 Å². The third kappa shape index (κ3) is 4.88. The SMILES string of the molecule is COCCNC(=O)COC(=O)c1cccc(N)c1Br. The van der Waals surface area contributed by atoms with Gasteiger partial charge in [-0.3, -0.25) is 4.79 Å². The second-order valence-corrected chi connectivity index (χ2v) is 4.42. The standard InChI is InChI=1S/C12H15BrN2O4/c1-18-6-5-15-10(16)7-19-12(17)8-3-2-4-9(14)11(8)13/h2-4H,5-7,14H2,1H3,(H,15,16). The maximum atomic E-state index is 11.7. The van der Waals surface area contributed by atoms with Crippen LogP contribution in [0.2, 0.25) is 0 Å². The molecule has 0 aromatic heterocycles. The van der Waals surface area contributed by atoms with Gasteiger partial charge >= 0.3 is 5.97 Å². The number of carbonyl (C=O) groups is 2. The number of methoxy groups -OCH3 is 1. The van der Waals surface area contributed by atoms with Gasteiger partial charge in [-0.25, -0.2) is 4.79 Å². The Balaban J connectivity index is 2.47. The summed E-state index contributed by atoms with van der Waals surface area (Å²) in [7, 11) is 1.53. The van der Waals surface area contributed by atoms with Gasteiger partial charge in [0.15, 0.2) is 6.61 Å². The average molecular weight is 331 g/mol. The third-order valence-corrected chi connectivity index (χ3v) is 3.10. The Hall–Kier alpha value is -1.60. The highest BCUT2D eigenvalue weighted by Crippen LogP contribution is 2.24. The van der Waals surface area contributed by atoms with Gasteiger partial charge in [-0.1, -0.05) is 6.07 Å². The fourth-order valence-corrected chi connectivity index (χ4v) is 1.69. The molecule has 19 heavy (non-hydrogen) atoms. The predicted molar refractivity (Wildman–Crippen MR) is 73.7 cm³/mol. The molecule has 0 atom stereocenters. The van der Waals surface area contributed by atoms with Crippen LogP contribution in [0.5, 0.6) is 0 Å². The molecule has 0 fully saturated rings. The molecule has 1 aromatic carbocycles. The molecule has 0 radical (unpaired) electrons. The van der Waals surface area contributed by atoms with E-state index in [1.165, 1.54) is 7.11 Å². The van der Waals surface area contributed by atoms with Crippen molar-refractivity contribution in [1.82, 2.24) is 5.32 Å². The summed E-state index contributed by atoms with van der Waals surface area (Å²) in [6.07, 6.45) is 0. The lowest BCUT2D eigenvalue weighted by molar-refractivity contribution is -0.124. The number of hydrogen-bond donors (Lipinski definition) is 2. The van der Waals surface area contributed by atoms with Crippen molar-refractivity contribution in [2.45, 2.75) is 0 Å². The average Bonchev–Trinajstić information content (AvgIpc) is 2.39. The zero-order chi connectivity index (χ0) is 14.3. The minimum absolute atomic E-state index is 0.282. The molecule has 0 heterocycles. The fourth-order valence-electron chi connectivity index (χ4n) is 1.26. The summed E-state index contributed by atoms with van der Waals surface area (Å²) in [4.78, 5) is 23.1. The zero-order valence-corrected chi connectivity index (χ0v) is 12.0. The smallest absolute Gasteiger partial charge is 0.339 e. The highest BCUT2D eigenvalue weighted by atomic mass is 79.9. The Kier molecular flexibility index (Phi) is 6.31. The van der Waals surface area contributed by atoms with Gasteiger partial charge < -0.3 is 20.5 Å². The molecule has 0 aliphatic carbocycles. The lowest BCUT2D eigenvalue weighted by atomic mass is 10.2. The summed E-state index contributed by atoms with van der Waals surface area (Å²) in [6, 6.07) is 4.85. The van der Waals surface area contributed by atoms with Gasteiger partial charge in [-0.05, 0) is 28.1 Å². The number of nitrogen functional groups attached to an aromatic ring is 1. The summed E-state index contributed by atoms with van der Waals surface area (Å²) in [5.74, 6) is -0.994. The zero-order valence-electron chi connectivity index (χ0n) is 10.4. The number of anilines is 1. The van der Waals surface area contributed by atoms with Crippen molar-refractivity contribution in [3.63, 3.8) is 0 Å². The van der Waals surface area contributed by atoms with Crippen LogP contribution in [-0.2, 0) is 14.3 Å². The van der Waals surface area contributed by atoms with E-state index in [2.05, 4.69) is 21.2 Å². The van der Waals surface area contributed by atoms with Crippen LogP contribution in [0.15, 0.2) is 22.7 Å². The number of benzene rings is 1. The highest BCUT2D eigenvalue weighted by molar-refractivity contribution is 9.10. The fraction of sp³-hybridized carbons (Fsp3) is 0.333. The quantitative estimate of drug-likeness (QED) is 0.460. The van der Waals surface area contributed by atoms with Gasteiger partial charge in [-0.15, -0.1) is 0 Å². The van der Waals surface area contributed by atoms with E-state index >= 15 is 0 Å². The van der Waals surface area contributed by atoms with Gasteiger partial charge in [-0.2, -0.15) is 0 Å². The van der Waals surface area contributed by atoms with Crippen LogP contribution in [0, 0.1) is 0 Å². The number of amides is 1. The first-order valence-electron chi connectivity index (χ1n) is 5.53. The number of halogens is 1. The van der Waals surface area contributed by atoms with E-state index in [4.69, 9.17) is 15.2 Å². The molecule has 1 amide bonds. The van der Waals surface area contributed by atoms with Gasteiger partial charge in [0.25, 0.3) is 5.91 Å². The second-order valence-electron chi connectivity index (χ2n) is 3.63. The van der Waals surface area contributed by atoms with Crippen LogP contribution in [0.3, 0.4) is 0 Å². The predicted octanol–water partition coefficient (Wildman–Crippen LogP) is 0.951. The van der Waals surface area contributed by atoms with Gasteiger partial charge in [0.2, 0.25) is 0 Å². The Labute approximate surface area is 119 Å². The molecule has 6 nitrogen and oxygen atoms in total. The van der Waals surface area contributed by atoms with Crippen molar-refractivity contribution in [3.05, 3.63) is 28.2 Å². The summed E-state index contributed by atoms with van der Waals surface area (Å²) in [5.41, 5.74) is 6.36. The number of rotatable bonds is 6. The van der Waals surface area contributed by atoms with Crippen molar-refractivity contribution in [2.24, 2.45) is 0 Å². The molecular weight excluding hydrogens is 316 g/mol. The lowest BCUT2D eigenvalue weighted by Crippen LogP contribution is -2.31. The van der Waals surface area contributed by atoms with Crippen LogP contribution >= 0.6 is 15.9 Å². The van der Waals surface area contributed by atoms with Crippen molar-refractivity contribution in [2.75, 3.05) is 32.6 Å². The molecule has 0 unspecified atom stereocenters. The highest BCUT2D eigenvalue weighted by Gasteiger charge is 2.14. The number of ether oxygens (including phenoxy) is 2. The molecule has 1 aromatic rings. The minimum Gasteiger partial charge on any atom is -0.452 e. The molecule has 0 saturated heterocycles. The maximum absolute atomic E-state index is 11.7. The lowest BCUT2D eigenvalue weighted by Gasteiger charge is -2.08. The van der Waals surface area contributed by atoms with E-state index in [0.717, 1.165) is 0 Å². The van der Waals surface area contributed by atoms with E-state index in [-0.39, 0.29) is 18.1 Å². The van der Waals surface area contributed by atoms with E-state index in [1.54, 1.807) is 18.2 Å². The summed E-state index contributed by atoms with van der Waals surface area (Å²) in [6.45, 7) is 0.430. The van der Waals surface area contributed by atoms with E-state index in [0.29, 0.717) is 23.3 Å². The Morgan fingerprint density at radius 3 is 2.84 bits per heavy atom. The second kappa shape index (κ2) is 7.75. The summed E-state index contributed by atoms with van der Waals surface area (Å²) >= 11 is 3.20. The van der Waals surface area contributed by atoms with Crippen molar-refractivity contribution in [1.29, 1.82) is 0 Å². The Bertz CT molecular complexity index is 465. The molecule has 1 rings (SSSR count). The third-order valence-electron chi connectivity index (χ3n) is 2.21.